The van der Waals surface area contributed by atoms with E-state index in [1.54, 1.807) is 13.8 Å². The quantitative estimate of drug-likeness (QED) is 0.566. The Labute approximate surface area is 171 Å². The number of carbonyl (C=O) groups excluding carboxylic acids is 1. The van der Waals surface area contributed by atoms with Gasteiger partial charge in [0, 0.05) is 25.2 Å². The highest BCUT2D eigenvalue weighted by molar-refractivity contribution is 5.89. The van der Waals surface area contributed by atoms with Gasteiger partial charge in [0.05, 0.1) is 18.6 Å². The van der Waals surface area contributed by atoms with Crippen LogP contribution in [-0.4, -0.2) is 56.3 Å². The van der Waals surface area contributed by atoms with Crippen LogP contribution in [0.25, 0.3) is 11.0 Å². The summed E-state index contributed by atoms with van der Waals surface area (Å²) in [5, 5.41) is 3.68. The molecule has 2 aromatic rings. The average molecular weight is 402 g/mol. The van der Waals surface area contributed by atoms with E-state index in [0.717, 1.165) is 55.8 Å². The fraction of sp³-hybridized carbons (Fsp3) is 0.545. The van der Waals surface area contributed by atoms with Crippen molar-refractivity contribution in [2.45, 2.75) is 40.2 Å². The zero-order valence-corrected chi connectivity index (χ0v) is 17.7. The zero-order chi connectivity index (χ0) is 21.0. The van der Waals surface area contributed by atoms with Crippen LogP contribution in [-0.2, 0) is 9.53 Å². The Morgan fingerprint density at radius 1 is 1.21 bits per heavy atom. The first-order valence-corrected chi connectivity index (χ1v) is 10.2. The van der Waals surface area contributed by atoms with E-state index in [0.29, 0.717) is 23.4 Å². The molecule has 1 atom stereocenters. The van der Waals surface area contributed by atoms with Crippen molar-refractivity contribution in [1.29, 1.82) is 0 Å². The monoisotopic (exact) mass is 402 g/mol. The molecule has 7 nitrogen and oxygen atoms in total. The van der Waals surface area contributed by atoms with Gasteiger partial charge in [-0.05, 0) is 63.9 Å². The molecule has 1 fully saturated rings. The molecule has 1 amide bonds. The highest BCUT2D eigenvalue weighted by Crippen LogP contribution is 2.31. The van der Waals surface area contributed by atoms with Crippen LogP contribution in [0.5, 0.6) is 5.75 Å². The number of benzene rings is 1. The normalized spacial score (nSPS) is 16.0. The molecular formula is C22H30N2O5. The number of aryl methyl sites for hydroxylation is 2. The molecule has 1 N–H and O–H groups in total. The van der Waals surface area contributed by atoms with Gasteiger partial charge in [0.25, 0.3) is 5.91 Å². The first-order chi connectivity index (χ1) is 13.9. The molecule has 0 spiro atoms. The molecule has 3 rings (SSSR count). The molecule has 0 radical (unpaired) electrons. The van der Waals surface area contributed by atoms with Gasteiger partial charge in [-0.2, -0.15) is 0 Å². The average Bonchev–Trinajstić information content (AvgIpc) is 2.69. The van der Waals surface area contributed by atoms with Gasteiger partial charge >= 0.3 is 5.63 Å². The van der Waals surface area contributed by atoms with Crippen LogP contribution < -0.4 is 15.7 Å². The van der Waals surface area contributed by atoms with Crippen LogP contribution in [0.4, 0.5) is 0 Å². The van der Waals surface area contributed by atoms with Crippen LogP contribution in [0, 0.1) is 20.8 Å². The van der Waals surface area contributed by atoms with Crippen molar-refractivity contribution in [1.82, 2.24) is 10.2 Å². The van der Waals surface area contributed by atoms with Crippen molar-refractivity contribution >= 4 is 16.9 Å². The third-order valence-electron chi connectivity index (χ3n) is 5.38. The number of fused-ring (bicyclic) bond motifs is 1. The largest absolute Gasteiger partial charge is 0.480 e. The van der Waals surface area contributed by atoms with E-state index in [9.17, 15) is 9.59 Å². The lowest BCUT2D eigenvalue weighted by Crippen LogP contribution is -2.40. The second-order valence-corrected chi connectivity index (χ2v) is 7.63. The van der Waals surface area contributed by atoms with Gasteiger partial charge in [-0.15, -0.1) is 0 Å². The van der Waals surface area contributed by atoms with E-state index in [1.165, 1.54) is 0 Å². The molecule has 1 aromatic carbocycles. The minimum atomic E-state index is -0.657. The van der Waals surface area contributed by atoms with E-state index >= 15 is 0 Å². The van der Waals surface area contributed by atoms with Crippen LogP contribution in [0.15, 0.2) is 21.3 Å². The summed E-state index contributed by atoms with van der Waals surface area (Å²) in [7, 11) is 0. The number of nitrogens with one attached hydrogen (secondary N) is 1. The highest BCUT2D eigenvalue weighted by Gasteiger charge is 2.19. The van der Waals surface area contributed by atoms with Crippen molar-refractivity contribution in [3.8, 4) is 5.75 Å². The lowest BCUT2D eigenvalue weighted by atomic mass is 10.0. The van der Waals surface area contributed by atoms with Gasteiger partial charge in [-0.1, -0.05) is 0 Å². The Bertz CT molecular complexity index is 931. The lowest BCUT2D eigenvalue weighted by Gasteiger charge is -2.26. The fourth-order valence-electron chi connectivity index (χ4n) is 3.51. The molecular weight excluding hydrogens is 372 g/mol. The molecule has 0 saturated carbocycles. The summed E-state index contributed by atoms with van der Waals surface area (Å²) in [4.78, 5) is 26.8. The summed E-state index contributed by atoms with van der Waals surface area (Å²) < 4.78 is 16.8. The van der Waals surface area contributed by atoms with Gasteiger partial charge < -0.3 is 19.2 Å². The standard InChI is InChI=1S/C22H30N2O5/c1-14-12-18(20-15(2)16(3)22(26)29-19(20)13-14)28-17(4)21(25)23-6-5-7-24-8-10-27-11-9-24/h12-13,17H,5-11H2,1-4H3,(H,23,25)/t17-/m1/s1. The summed E-state index contributed by atoms with van der Waals surface area (Å²) >= 11 is 0. The Balaban J connectivity index is 1.63. The van der Waals surface area contributed by atoms with Crippen LogP contribution >= 0.6 is 0 Å². The SMILES string of the molecule is Cc1cc(O[C@H](C)C(=O)NCCCN2CCOCC2)c2c(C)c(C)c(=O)oc2c1. The molecule has 29 heavy (non-hydrogen) atoms. The van der Waals surface area contributed by atoms with Crippen LogP contribution in [0.3, 0.4) is 0 Å². The van der Waals surface area contributed by atoms with Gasteiger partial charge in [-0.3, -0.25) is 9.69 Å². The number of morpholine rings is 1. The topological polar surface area (TPSA) is 81.0 Å². The Morgan fingerprint density at radius 2 is 1.93 bits per heavy atom. The molecule has 1 aromatic heterocycles. The summed E-state index contributed by atoms with van der Waals surface area (Å²) in [5.41, 5.74) is 2.39. The molecule has 0 bridgehead atoms. The molecule has 0 aliphatic carbocycles. The lowest BCUT2D eigenvalue weighted by molar-refractivity contribution is -0.127. The van der Waals surface area contributed by atoms with E-state index < -0.39 is 6.10 Å². The maximum atomic E-state index is 12.5. The number of amides is 1. The first-order valence-electron chi connectivity index (χ1n) is 10.2. The minimum Gasteiger partial charge on any atom is -0.480 e. The third kappa shape index (κ3) is 5.16. The number of hydrogen-bond acceptors (Lipinski definition) is 6. The number of carbonyl (C=O) groups is 1. The van der Waals surface area contributed by atoms with Gasteiger partial charge in [0.2, 0.25) is 0 Å². The third-order valence-corrected chi connectivity index (χ3v) is 5.38. The summed E-state index contributed by atoms with van der Waals surface area (Å²) in [5.74, 6) is 0.397. The van der Waals surface area contributed by atoms with E-state index in [1.807, 2.05) is 26.0 Å². The summed E-state index contributed by atoms with van der Waals surface area (Å²) in [6.45, 7) is 12.2. The molecule has 0 unspecified atom stereocenters. The molecule has 1 aliphatic rings. The Hall–Kier alpha value is -2.38. The van der Waals surface area contributed by atoms with E-state index in [2.05, 4.69) is 10.2 Å². The fourth-order valence-corrected chi connectivity index (χ4v) is 3.51. The smallest absolute Gasteiger partial charge is 0.339 e. The zero-order valence-electron chi connectivity index (χ0n) is 17.7. The first kappa shape index (κ1) is 21.3. The Morgan fingerprint density at radius 3 is 2.66 bits per heavy atom. The van der Waals surface area contributed by atoms with Crippen molar-refractivity contribution in [3.05, 3.63) is 39.2 Å². The number of nitrogens with zero attached hydrogens (tertiary/aromatic N) is 1. The van der Waals surface area contributed by atoms with Crippen molar-refractivity contribution in [3.63, 3.8) is 0 Å². The van der Waals surface area contributed by atoms with Crippen LogP contribution in [0.1, 0.15) is 30.0 Å². The molecule has 1 saturated heterocycles. The molecule has 2 heterocycles. The van der Waals surface area contributed by atoms with Crippen molar-refractivity contribution < 1.29 is 18.7 Å². The second kappa shape index (κ2) is 9.41. The molecule has 158 valence electrons. The highest BCUT2D eigenvalue weighted by atomic mass is 16.5. The van der Waals surface area contributed by atoms with Gasteiger partial charge in [0.15, 0.2) is 6.10 Å². The van der Waals surface area contributed by atoms with Crippen LogP contribution in [0.2, 0.25) is 0 Å². The maximum absolute atomic E-state index is 12.5. The van der Waals surface area contributed by atoms with Gasteiger partial charge in [0.1, 0.15) is 11.3 Å². The Kier molecular flexibility index (Phi) is 6.92. The summed E-state index contributed by atoms with van der Waals surface area (Å²) in [6, 6.07) is 3.68. The number of rotatable bonds is 7. The van der Waals surface area contributed by atoms with E-state index in [-0.39, 0.29) is 11.5 Å². The minimum absolute atomic E-state index is 0.159. The number of hydrogen-bond donors (Lipinski definition) is 1. The van der Waals surface area contributed by atoms with Crippen molar-refractivity contribution in [2.24, 2.45) is 0 Å². The molecule has 7 heteroatoms. The van der Waals surface area contributed by atoms with Gasteiger partial charge in [-0.25, -0.2) is 4.79 Å². The maximum Gasteiger partial charge on any atom is 0.339 e. The summed E-state index contributed by atoms with van der Waals surface area (Å²) in [6.07, 6.45) is 0.227. The predicted molar refractivity (Wildman–Crippen MR) is 112 cm³/mol. The van der Waals surface area contributed by atoms with E-state index in [4.69, 9.17) is 13.9 Å². The second-order valence-electron chi connectivity index (χ2n) is 7.63. The predicted octanol–water partition coefficient (Wildman–Crippen LogP) is 2.32. The van der Waals surface area contributed by atoms with Crippen molar-refractivity contribution in [2.75, 3.05) is 39.4 Å². The molecule has 1 aliphatic heterocycles. The number of ether oxygens (including phenoxy) is 2.